The zero-order chi connectivity index (χ0) is 20.5. The first-order valence-corrected chi connectivity index (χ1v) is 11.6. The van der Waals surface area contributed by atoms with Crippen molar-refractivity contribution >= 4 is 34.0 Å². The second-order valence-corrected chi connectivity index (χ2v) is 10.9. The Balaban J connectivity index is 1.70. The van der Waals surface area contributed by atoms with Gasteiger partial charge in [0.1, 0.15) is 11.1 Å². The van der Waals surface area contributed by atoms with E-state index in [2.05, 4.69) is 64.2 Å². The first-order chi connectivity index (χ1) is 13.2. The molecule has 1 N–H and O–H groups in total. The van der Waals surface area contributed by atoms with Crippen LogP contribution in [0.1, 0.15) is 61.2 Å². The Labute approximate surface area is 176 Å². The standard InChI is InChI=1S/C23H28N2OS2/c1-14-6-9-17-18(12-24)22(28-20(17)10-14)25-21(26)13-27-19-11-16(23(3,4)5)8-7-15(19)2/h7-8,11,14H,6,9-10,13H2,1-5H3,(H,25,26)/t14-/m0/s1. The van der Waals surface area contributed by atoms with Gasteiger partial charge in [0, 0.05) is 9.77 Å². The minimum absolute atomic E-state index is 0.0475. The topological polar surface area (TPSA) is 52.9 Å². The van der Waals surface area contributed by atoms with Crippen LogP contribution in [0.3, 0.4) is 0 Å². The van der Waals surface area contributed by atoms with E-state index >= 15 is 0 Å². The van der Waals surface area contributed by atoms with Crippen molar-refractivity contribution in [1.82, 2.24) is 0 Å². The van der Waals surface area contributed by atoms with E-state index in [1.165, 1.54) is 16.0 Å². The van der Waals surface area contributed by atoms with Crippen molar-refractivity contribution in [3.63, 3.8) is 0 Å². The molecule has 1 atom stereocenters. The molecule has 2 aromatic rings. The number of thiophene rings is 1. The summed E-state index contributed by atoms with van der Waals surface area (Å²) in [5, 5.41) is 13.3. The highest BCUT2D eigenvalue weighted by Crippen LogP contribution is 2.39. The molecule has 1 aromatic heterocycles. The molecular formula is C23H28N2OS2. The van der Waals surface area contributed by atoms with Gasteiger partial charge in [0.2, 0.25) is 5.91 Å². The Hall–Kier alpha value is -1.77. The minimum atomic E-state index is -0.0475. The molecule has 5 heteroatoms. The first-order valence-electron chi connectivity index (χ1n) is 9.77. The summed E-state index contributed by atoms with van der Waals surface area (Å²) < 4.78 is 0. The lowest BCUT2D eigenvalue weighted by atomic mass is 9.87. The number of nitrogens with one attached hydrogen (secondary N) is 1. The van der Waals surface area contributed by atoms with Gasteiger partial charge in [-0.05, 0) is 60.3 Å². The highest BCUT2D eigenvalue weighted by atomic mass is 32.2. The Kier molecular flexibility index (Phi) is 6.21. The number of nitriles is 1. The summed E-state index contributed by atoms with van der Waals surface area (Å²) in [6, 6.07) is 8.80. The molecule has 148 valence electrons. The van der Waals surface area contributed by atoms with Crippen LogP contribution in [0.5, 0.6) is 0 Å². The molecule has 0 unspecified atom stereocenters. The number of fused-ring (bicyclic) bond motifs is 1. The van der Waals surface area contributed by atoms with Crippen molar-refractivity contribution in [1.29, 1.82) is 5.26 Å². The fourth-order valence-electron chi connectivity index (χ4n) is 3.49. The third-order valence-corrected chi connectivity index (χ3v) is 7.62. The van der Waals surface area contributed by atoms with Crippen molar-refractivity contribution in [2.75, 3.05) is 11.1 Å². The Bertz CT molecular complexity index is 931. The van der Waals surface area contributed by atoms with Crippen LogP contribution in [-0.2, 0) is 23.1 Å². The molecule has 0 aliphatic heterocycles. The summed E-state index contributed by atoms with van der Waals surface area (Å²) in [6.07, 6.45) is 3.07. The van der Waals surface area contributed by atoms with Crippen LogP contribution < -0.4 is 5.32 Å². The molecule has 0 saturated carbocycles. The molecular weight excluding hydrogens is 384 g/mol. The largest absolute Gasteiger partial charge is 0.316 e. The monoisotopic (exact) mass is 412 g/mol. The maximum Gasteiger partial charge on any atom is 0.235 e. The van der Waals surface area contributed by atoms with Gasteiger partial charge in [-0.15, -0.1) is 23.1 Å². The number of rotatable bonds is 4. The van der Waals surface area contributed by atoms with Crippen molar-refractivity contribution in [3.05, 3.63) is 45.3 Å². The summed E-state index contributed by atoms with van der Waals surface area (Å²) in [5.41, 5.74) is 4.37. The molecule has 1 aliphatic rings. The van der Waals surface area contributed by atoms with Crippen LogP contribution in [-0.4, -0.2) is 11.7 Å². The lowest BCUT2D eigenvalue weighted by Crippen LogP contribution is -2.14. The van der Waals surface area contributed by atoms with Gasteiger partial charge in [-0.2, -0.15) is 5.26 Å². The van der Waals surface area contributed by atoms with Crippen LogP contribution in [0.4, 0.5) is 5.00 Å². The van der Waals surface area contributed by atoms with Gasteiger partial charge in [-0.3, -0.25) is 4.79 Å². The minimum Gasteiger partial charge on any atom is -0.316 e. The molecule has 0 saturated heterocycles. The van der Waals surface area contributed by atoms with E-state index in [9.17, 15) is 10.1 Å². The van der Waals surface area contributed by atoms with Gasteiger partial charge in [0.25, 0.3) is 0 Å². The number of benzene rings is 1. The number of carbonyl (C=O) groups is 1. The van der Waals surface area contributed by atoms with E-state index in [1.807, 2.05) is 0 Å². The smallest absolute Gasteiger partial charge is 0.235 e. The molecule has 0 fully saturated rings. The first kappa shape index (κ1) is 21.0. The van der Waals surface area contributed by atoms with E-state index < -0.39 is 0 Å². The van der Waals surface area contributed by atoms with Gasteiger partial charge in [-0.25, -0.2) is 0 Å². The number of hydrogen-bond acceptors (Lipinski definition) is 4. The van der Waals surface area contributed by atoms with Crippen LogP contribution in [0, 0.1) is 24.2 Å². The number of carbonyl (C=O) groups excluding carboxylic acids is 1. The number of nitrogens with zero attached hydrogens (tertiary/aromatic N) is 1. The normalized spacial score (nSPS) is 16.4. The summed E-state index contributed by atoms with van der Waals surface area (Å²) >= 11 is 3.15. The van der Waals surface area contributed by atoms with Crippen LogP contribution in [0.25, 0.3) is 0 Å². The average Bonchev–Trinajstić information content (AvgIpc) is 2.95. The predicted molar refractivity (Wildman–Crippen MR) is 119 cm³/mol. The number of hydrogen-bond donors (Lipinski definition) is 1. The van der Waals surface area contributed by atoms with Gasteiger partial charge in [0.15, 0.2) is 0 Å². The predicted octanol–water partition coefficient (Wildman–Crippen LogP) is 6.08. The van der Waals surface area contributed by atoms with E-state index in [4.69, 9.17) is 0 Å². The summed E-state index contributed by atoms with van der Waals surface area (Å²) in [6.45, 7) is 10.9. The SMILES string of the molecule is Cc1ccc(C(C)(C)C)cc1SCC(=O)Nc1sc2c(c1C#N)CC[C@H](C)C2. The number of aryl methyl sites for hydroxylation is 1. The molecule has 0 spiro atoms. The molecule has 1 amide bonds. The number of thioether (sulfide) groups is 1. The zero-order valence-electron chi connectivity index (χ0n) is 17.3. The Morgan fingerprint density at radius 1 is 1.39 bits per heavy atom. The molecule has 28 heavy (non-hydrogen) atoms. The summed E-state index contributed by atoms with van der Waals surface area (Å²) in [4.78, 5) is 15.0. The third-order valence-electron chi connectivity index (χ3n) is 5.29. The van der Waals surface area contributed by atoms with Crippen LogP contribution >= 0.6 is 23.1 Å². The molecule has 1 aliphatic carbocycles. The van der Waals surface area contributed by atoms with Crippen molar-refractivity contribution in [3.8, 4) is 6.07 Å². The molecule has 0 bridgehead atoms. The molecule has 3 nitrogen and oxygen atoms in total. The van der Waals surface area contributed by atoms with Crippen molar-refractivity contribution < 1.29 is 4.79 Å². The van der Waals surface area contributed by atoms with Crippen LogP contribution in [0.2, 0.25) is 0 Å². The van der Waals surface area contributed by atoms with E-state index in [0.29, 0.717) is 17.2 Å². The molecule has 1 aromatic carbocycles. The quantitative estimate of drug-likeness (QED) is 0.619. The maximum absolute atomic E-state index is 12.6. The lowest BCUT2D eigenvalue weighted by Gasteiger charge is -2.20. The number of amides is 1. The number of anilines is 1. The third kappa shape index (κ3) is 4.61. The fraction of sp³-hybridized carbons (Fsp3) is 0.478. The summed E-state index contributed by atoms with van der Waals surface area (Å²) in [7, 11) is 0. The Morgan fingerprint density at radius 2 is 2.14 bits per heavy atom. The van der Waals surface area contributed by atoms with Crippen molar-refractivity contribution in [2.45, 2.75) is 64.2 Å². The Morgan fingerprint density at radius 3 is 2.82 bits per heavy atom. The molecule has 1 heterocycles. The zero-order valence-corrected chi connectivity index (χ0v) is 18.9. The lowest BCUT2D eigenvalue weighted by molar-refractivity contribution is -0.113. The maximum atomic E-state index is 12.6. The van der Waals surface area contributed by atoms with E-state index in [0.717, 1.165) is 34.7 Å². The highest BCUT2D eigenvalue weighted by molar-refractivity contribution is 8.00. The van der Waals surface area contributed by atoms with Gasteiger partial charge in [-0.1, -0.05) is 39.8 Å². The molecule has 3 rings (SSSR count). The van der Waals surface area contributed by atoms with Gasteiger partial charge >= 0.3 is 0 Å². The summed E-state index contributed by atoms with van der Waals surface area (Å²) in [5.74, 6) is 0.946. The van der Waals surface area contributed by atoms with Gasteiger partial charge in [0.05, 0.1) is 11.3 Å². The fourth-order valence-corrected chi connectivity index (χ4v) is 5.73. The van der Waals surface area contributed by atoms with Gasteiger partial charge < -0.3 is 5.32 Å². The average molecular weight is 413 g/mol. The molecule has 0 radical (unpaired) electrons. The second-order valence-electron chi connectivity index (χ2n) is 8.73. The highest BCUT2D eigenvalue weighted by Gasteiger charge is 2.24. The van der Waals surface area contributed by atoms with E-state index in [-0.39, 0.29) is 11.3 Å². The second kappa shape index (κ2) is 8.31. The van der Waals surface area contributed by atoms with Crippen LogP contribution in [0.15, 0.2) is 23.1 Å². The van der Waals surface area contributed by atoms with E-state index in [1.54, 1.807) is 23.1 Å². The van der Waals surface area contributed by atoms with Crippen molar-refractivity contribution in [2.24, 2.45) is 5.92 Å².